The van der Waals surface area contributed by atoms with Crippen molar-refractivity contribution in [2.75, 3.05) is 39.7 Å². The summed E-state index contributed by atoms with van der Waals surface area (Å²) in [6.45, 7) is 0.985. The van der Waals surface area contributed by atoms with Crippen molar-refractivity contribution in [1.29, 1.82) is 0 Å². The van der Waals surface area contributed by atoms with E-state index in [9.17, 15) is 4.79 Å². The average Bonchev–Trinajstić information content (AvgIpc) is 3.22. The number of urea groups is 1. The van der Waals surface area contributed by atoms with E-state index in [4.69, 9.17) is 18.7 Å². The Bertz CT molecular complexity index is 1010. The molecule has 0 bridgehead atoms. The van der Waals surface area contributed by atoms with Gasteiger partial charge in [0.2, 0.25) is 17.5 Å². The van der Waals surface area contributed by atoms with Crippen LogP contribution >= 0.6 is 0 Å². The molecule has 2 aromatic carbocycles. The van der Waals surface area contributed by atoms with E-state index in [1.54, 1.807) is 17.0 Å². The van der Waals surface area contributed by atoms with Crippen LogP contribution in [0.3, 0.4) is 0 Å². The number of methoxy groups -OCH3 is 3. The normalized spacial score (nSPS) is 13.5. The molecule has 3 aromatic rings. The summed E-state index contributed by atoms with van der Waals surface area (Å²) in [6, 6.07) is 12.7. The van der Waals surface area contributed by atoms with Crippen LogP contribution in [0.15, 0.2) is 47.0 Å². The van der Waals surface area contributed by atoms with E-state index in [-0.39, 0.29) is 11.9 Å². The summed E-state index contributed by atoms with van der Waals surface area (Å²) in [5.74, 6) is 2.49. The van der Waals surface area contributed by atoms with E-state index in [2.05, 4.69) is 15.5 Å². The molecule has 4 rings (SSSR count). The molecule has 1 N–H and O–H groups in total. The third kappa shape index (κ3) is 3.73. The summed E-state index contributed by atoms with van der Waals surface area (Å²) in [4.78, 5) is 18.7. The Labute approximate surface area is 173 Å². The number of benzene rings is 2. The van der Waals surface area contributed by atoms with Gasteiger partial charge in [-0.1, -0.05) is 35.5 Å². The first-order valence-electron chi connectivity index (χ1n) is 9.38. The van der Waals surface area contributed by atoms with E-state index in [1.807, 2.05) is 30.3 Å². The predicted octanol–water partition coefficient (Wildman–Crippen LogP) is 3.39. The molecule has 0 radical (unpaired) electrons. The first kappa shape index (κ1) is 19.6. The number of amides is 2. The first-order valence-corrected chi connectivity index (χ1v) is 9.38. The summed E-state index contributed by atoms with van der Waals surface area (Å²) >= 11 is 0. The molecule has 0 saturated carbocycles. The lowest BCUT2D eigenvalue weighted by molar-refractivity contribution is 0.147. The minimum atomic E-state index is -0.233. The molecule has 0 spiro atoms. The first-order chi connectivity index (χ1) is 14.6. The lowest BCUT2D eigenvalue weighted by Gasteiger charge is -2.36. The van der Waals surface area contributed by atoms with Crippen molar-refractivity contribution in [3.63, 3.8) is 0 Å². The molecule has 1 aromatic heterocycles. The van der Waals surface area contributed by atoms with Crippen molar-refractivity contribution in [1.82, 2.24) is 15.0 Å². The maximum absolute atomic E-state index is 12.6. The van der Waals surface area contributed by atoms with Crippen LogP contribution in [0.25, 0.3) is 11.4 Å². The lowest BCUT2D eigenvalue weighted by atomic mass is 10.0. The van der Waals surface area contributed by atoms with Crippen LogP contribution in [0.4, 0.5) is 10.5 Å². The standard InChI is InChI=1S/C21H22N4O5/c1-27-16-9-15(10-17(28-2)18(16)29-3)22-21(26)25-11-14(12-25)20-23-19(24-30-20)13-7-5-4-6-8-13/h4-10,14H,11-12H2,1-3H3,(H,22,26). The Kier molecular flexibility index (Phi) is 5.42. The SMILES string of the molecule is COc1cc(NC(=O)N2CC(c3nc(-c4ccccc4)no3)C2)cc(OC)c1OC. The van der Waals surface area contributed by atoms with Gasteiger partial charge in [-0.25, -0.2) is 4.79 Å². The van der Waals surface area contributed by atoms with Gasteiger partial charge < -0.3 is 29.0 Å². The summed E-state index contributed by atoms with van der Waals surface area (Å²) in [5, 5.41) is 6.89. The van der Waals surface area contributed by atoms with Crippen LogP contribution in [0, 0.1) is 0 Å². The molecule has 0 atom stereocenters. The predicted molar refractivity (Wildman–Crippen MR) is 109 cm³/mol. The second-order valence-electron chi connectivity index (χ2n) is 6.77. The number of aromatic nitrogens is 2. The summed E-state index contributed by atoms with van der Waals surface area (Å²) < 4.78 is 21.3. The number of nitrogens with zero attached hydrogens (tertiary/aromatic N) is 3. The lowest BCUT2D eigenvalue weighted by Crippen LogP contribution is -2.50. The molecular weight excluding hydrogens is 388 g/mol. The summed E-state index contributed by atoms with van der Waals surface area (Å²) in [5.41, 5.74) is 1.44. The van der Waals surface area contributed by atoms with E-state index in [1.165, 1.54) is 21.3 Å². The summed E-state index contributed by atoms with van der Waals surface area (Å²) in [6.07, 6.45) is 0. The molecule has 0 aliphatic carbocycles. The number of ether oxygens (including phenoxy) is 3. The molecule has 0 unspecified atom stereocenters. The van der Waals surface area contributed by atoms with Gasteiger partial charge in [-0.2, -0.15) is 4.98 Å². The van der Waals surface area contributed by atoms with Gasteiger partial charge in [0.1, 0.15) is 0 Å². The van der Waals surface area contributed by atoms with Gasteiger partial charge in [0.25, 0.3) is 0 Å². The molecule has 9 nitrogen and oxygen atoms in total. The fourth-order valence-corrected chi connectivity index (χ4v) is 3.26. The number of nitrogens with one attached hydrogen (secondary N) is 1. The second-order valence-corrected chi connectivity index (χ2v) is 6.77. The van der Waals surface area contributed by atoms with Crippen molar-refractivity contribution in [3.8, 4) is 28.6 Å². The fraction of sp³-hybridized carbons (Fsp3) is 0.286. The highest BCUT2D eigenvalue weighted by Crippen LogP contribution is 2.40. The molecule has 2 heterocycles. The molecule has 156 valence electrons. The molecular formula is C21H22N4O5. The van der Waals surface area contributed by atoms with E-state index < -0.39 is 0 Å². The Morgan fingerprint density at radius 2 is 1.73 bits per heavy atom. The molecule has 30 heavy (non-hydrogen) atoms. The number of likely N-dealkylation sites (tertiary alicyclic amines) is 1. The molecule has 9 heteroatoms. The number of carbonyl (C=O) groups is 1. The minimum Gasteiger partial charge on any atom is -0.493 e. The molecule has 1 aliphatic heterocycles. The molecule has 2 amide bonds. The number of anilines is 1. The quantitative estimate of drug-likeness (QED) is 0.665. The van der Waals surface area contributed by atoms with E-state index in [0.717, 1.165) is 5.56 Å². The van der Waals surface area contributed by atoms with Crippen LogP contribution in [0.2, 0.25) is 0 Å². The maximum Gasteiger partial charge on any atom is 0.321 e. The Morgan fingerprint density at radius 3 is 2.33 bits per heavy atom. The minimum absolute atomic E-state index is 0.0145. The maximum atomic E-state index is 12.6. The Morgan fingerprint density at radius 1 is 1.07 bits per heavy atom. The number of hydrogen-bond acceptors (Lipinski definition) is 7. The van der Waals surface area contributed by atoms with Gasteiger partial charge in [0.05, 0.1) is 32.9 Å². The highest BCUT2D eigenvalue weighted by atomic mass is 16.5. The van der Waals surface area contributed by atoms with Gasteiger partial charge in [-0.05, 0) is 0 Å². The van der Waals surface area contributed by atoms with Crippen LogP contribution < -0.4 is 19.5 Å². The van der Waals surface area contributed by atoms with Crippen LogP contribution in [0.1, 0.15) is 11.8 Å². The smallest absolute Gasteiger partial charge is 0.321 e. The van der Waals surface area contributed by atoms with Gasteiger partial charge in [-0.15, -0.1) is 0 Å². The molecule has 1 fully saturated rings. The van der Waals surface area contributed by atoms with Gasteiger partial charge in [-0.3, -0.25) is 0 Å². The fourth-order valence-electron chi connectivity index (χ4n) is 3.26. The second kappa shape index (κ2) is 8.32. The number of rotatable bonds is 6. The van der Waals surface area contributed by atoms with E-state index in [0.29, 0.717) is 47.7 Å². The van der Waals surface area contributed by atoms with Gasteiger partial charge >= 0.3 is 6.03 Å². The Hall–Kier alpha value is -3.75. The van der Waals surface area contributed by atoms with Crippen molar-refractivity contribution >= 4 is 11.7 Å². The molecule has 1 saturated heterocycles. The van der Waals surface area contributed by atoms with Crippen LogP contribution in [-0.2, 0) is 0 Å². The number of hydrogen-bond donors (Lipinski definition) is 1. The van der Waals surface area contributed by atoms with Crippen molar-refractivity contribution in [2.45, 2.75) is 5.92 Å². The van der Waals surface area contributed by atoms with E-state index >= 15 is 0 Å². The zero-order valence-electron chi connectivity index (χ0n) is 16.9. The van der Waals surface area contributed by atoms with Gasteiger partial charge in [0, 0.05) is 30.8 Å². The summed E-state index contributed by atoms with van der Waals surface area (Å²) in [7, 11) is 4.58. The zero-order chi connectivity index (χ0) is 21.1. The molecule has 1 aliphatic rings. The topological polar surface area (TPSA) is 99.0 Å². The zero-order valence-corrected chi connectivity index (χ0v) is 16.9. The highest BCUT2D eigenvalue weighted by molar-refractivity contribution is 5.91. The van der Waals surface area contributed by atoms with Gasteiger partial charge in [0.15, 0.2) is 11.5 Å². The Balaban J connectivity index is 1.39. The van der Waals surface area contributed by atoms with Crippen molar-refractivity contribution in [3.05, 3.63) is 48.4 Å². The van der Waals surface area contributed by atoms with Crippen LogP contribution in [-0.4, -0.2) is 55.5 Å². The van der Waals surface area contributed by atoms with Crippen LogP contribution in [0.5, 0.6) is 17.2 Å². The highest BCUT2D eigenvalue weighted by Gasteiger charge is 2.36. The third-order valence-corrected chi connectivity index (χ3v) is 4.91. The van der Waals surface area contributed by atoms with Crippen molar-refractivity contribution < 1.29 is 23.5 Å². The van der Waals surface area contributed by atoms with Crippen molar-refractivity contribution in [2.24, 2.45) is 0 Å². The third-order valence-electron chi connectivity index (χ3n) is 4.91. The largest absolute Gasteiger partial charge is 0.493 e. The average molecular weight is 410 g/mol. The monoisotopic (exact) mass is 410 g/mol. The number of carbonyl (C=O) groups excluding carboxylic acids is 1.